The molecule has 1 heterocycles. The number of sulfone groups is 1. The van der Waals surface area contributed by atoms with Crippen LogP contribution in [0, 0.1) is 5.92 Å². The van der Waals surface area contributed by atoms with Crippen LogP contribution in [-0.2, 0) is 14.6 Å². The fraction of sp³-hybridized carbons (Fsp3) is 0.304. The van der Waals surface area contributed by atoms with E-state index in [0.29, 0.717) is 15.6 Å². The third-order valence-corrected chi connectivity index (χ3v) is 7.28. The predicted octanol–water partition coefficient (Wildman–Crippen LogP) is 5.36. The van der Waals surface area contributed by atoms with E-state index in [1.54, 1.807) is 24.3 Å². The highest BCUT2D eigenvalue weighted by Crippen LogP contribution is 2.49. The van der Waals surface area contributed by atoms with Crippen LogP contribution in [0.2, 0.25) is 0 Å². The van der Waals surface area contributed by atoms with Gasteiger partial charge >= 0.3 is 0 Å². The summed E-state index contributed by atoms with van der Waals surface area (Å²) >= 11 is 0. The zero-order valence-corrected chi connectivity index (χ0v) is 16.3. The molecular weight excluding hydrogens is 356 g/mol. The average Bonchev–Trinajstić information content (AvgIpc) is 3.25. The number of rotatable bonds is 6. The molecule has 2 aromatic rings. The molecule has 0 radical (unpaired) electrons. The summed E-state index contributed by atoms with van der Waals surface area (Å²) in [6.45, 7) is 2.17. The minimum atomic E-state index is -3.61. The standard InChI is InChI=1S/C23H24O3S/c1-2-3-10-17-15-20-21(16-17)26-22(18-11-6-4-7-12-18)23(20)27(24,25)19-13-8-5-9-14-19/h4-9,11-14,16,20-21H,2-3,10,15H2,1H3/t20-,21-/m0/s1. The highest BCUT2D eigenvalue weighted by molar-refractivity contribution is 7.95. The SMILES string of the molecule is CCCCC1=C[C@@H]2OC(c3ccccc3)=C(S(=O)(=O)c3ccccc3)[C@H]2C1. The highest BCUT2D eigenvalue weighted by atomic mass is 32.2. The van der Waals surface area contributed by atoms with Gasteiger partial charge in [-0.15, -0.1) is 0 Å². The molecule has 4 heteroatoms. The van der Waals surface area contributed by atoms with E-state index in [0.717, 1.165) is 31.2 Å². The van der Waals surface area contributed by atoms with E-state index >= 15 is 0 Å². The molecule has 27 heavy (non-hydrogen) atoms. The quantitative estimate of drug-likeness (QED) is 0.633. The van der Waals surface area contributed by atoms with Crippen molar-refractivity contribution < 1.29 is 13.2 Å². The lowest BCUT2D eigenvalue weighted by Crippen LogP contribution is -2.16. The van der Waals surface area contributed by atoms with Crippen LogP contribution in [0.15, 0.2) is 82.1 Å². The molecule has 0 spiro atoms. The molecule has 1 aliphatic carbocycles. The van der Waals surface area contributed by atoms with E-state index in [9.17, 15) is 8.42 Å². The highest BCUT2D eigenvalue weighted by Gasteiger charge is 2.46. The molecule has 1 aliphatic heterocycles. The minimum Gasteiger partial charge on any atom is -0.484 e. The first kappa shape index (κ1) is 18.1. The summed E-state index contributed by atoms with van der Waals surface area (Å²) in [5.41, 5.74) is 2.14. The van der Waals surface area contributed by atoms with Crippen LogP contribution in [0.5, 0.6) is 0 Å². The first-order valence-corrected chi connectivity index (χ1v) is 11.1. The Labute approximate surface area is 161 Å². The number of hydrogen-bond acceptors (Lipinski definition) is 3. The maximum atomic E-state index is 13.5. The second-order valence-electron chi connectivity index (χ2n) is 7.20. The van der Waals surface area contributed by atoms with Gasteiger partial charge < -0.3 is 4.74 Å². The summed E-state index contributed by atoms with van der Waals surface area (Å²) in [4.78, 5) is 0.771. The number of fused-ring (bicyclic) bond motifs is 1. The van der Waals surface area contributed by atoms with Gasteiger partial charge in [-0.25, -0.2) is 8.42 Å². The Balaban J connectivity index is 1.78. The number of hydrogen-bond donors (Lipinski definition) is 0. The van der Waals surface area contributed by atoms with E-state index in [2.05, 4.69) is 13.0 Å². The van der Waals surface area contributed by atoms with Crippen LogP contribution >= 0.6 is 0 Å². The van der Waals surface area contributed by atoms with Gasteiger partial charge in [0.05, 0.1) is 9.80 Å². The van der Waals surface area contributed by atoms with Gasteiger partial charge in [-0.1, -0.05) is 67.4 Å². The summed E-state index contributed by atoms with van der Waals surface area (Å²) in [6, 6.07) is 18.3. The van der Waals surface area contributed by atoms with E-state index in [1.807, 2.05) is 36.4 Å². The van der Waals surface area contributed by atoms with Gasteiger partial charge in [-0.2, -0.15) is 0 Å². The summed E-state index contributed by atoms with van der Waals surface area (Å²) < 4.78 is 33.3. The Morgan fingerprint density at radius 3 is 2.33 bits per heavy atom. The molecule has 0 saturated carbocycles. The molecule has 2 aliphatic rings. The number of unbranched alkanes of at least 4 members (excludes halogenated alkanes) is 1. The Kier molecular flexibility index (Phi) is 4.92. The van der Waals surface area contributed by atoms with Crippen LogP contribution in [0.1, 0.15) is 38.2 Å². The monoisotopic (exact) mass is 380 g/mol. The fourth-order valence-corrected chi connectivity index (χ4v) is 5.77. The molecule has 0 amide bonds. The van der Waals surface area contributed by atoms with Crippen LogP contribution in [0.4, 0.5) is 0 Å². The summed E-state index contributed by atoms with van der Waals surface area (Å²) in [5.74, 6) is 0.387. The van der Waals surface area contributed by atoms with Crippen molar-refractivity contribution in [3.8, 4) is 0 Å². The lowest BCUT2D eigenvalue weighted by Gasteiger charge is -2.13. The lowest BCUT2D eigenvalue weighted by atomic mass is 10.0. The second kappa shape index (κ2) is 7.35. The molecule has 0 fully saturated rings. The third kappa shape index (κ3) is 3.34. The number of allylic oxidation sites excluding steroid dienone is 1. The Morgan fingerprint density at radius 2 is 1.67 bits per heavy atom. The minimum absolute atomic E-state index is 0.128. The first-order valence-electron chi connectivity index (χ1n) is 9.57. The van der Waals surface area contributed by atoms with Gasteiger partial charge in [0, 0.05) is 11.5 Å². The molecule has 0 saturated heterocycles. The maximum Gasteiger partial charge on any atom is 0.206 e. The Morgan fingerprint density at radius 1 is 1.00 bits per heavy atom. The molecule has 3 nitrogen and oxygen atoms in total. The smallest absolute Gasteiger partial charge is 0.206 e. The zero-order chi connectivity index (χ0) is 18.9. The van der Waals surface area contributed by atoms with E-state index in [-0.39, 0.29) is 12.0 Å². The second-order valence-corrected chi connectivity index (χ2v) is 9.12. The Hall–Kier alpha value is -2.33. The Bertz CT molecular complexity index is 973. The summed E-state index contributed by atoms with van der Waals surface area (Å²) in [7, 11) is -3.61. The van der Waals surface area contributed by atoms with Crippen LogP contribution < -0.4 is 0 Å². The summed E-state index contributed by atoms with van der Waals surface area (Å²) in [5, 5.41) is 0. The van der Waals surface area contributed by atoms with Crippen LogP contribution in [0.25, 0.3) is 5.76 Å². The van der Waals surface area contributed by atoms with Gasteiger partial charge in [0.1, 0.15) is 11.9 Å². The van der Waals surface area contributed by atoms with Gasteiger partial charge in [0.2, 0.25) is 9.84 Å². The van der Waals surface area contributed by atoms with Crippen molar-refractivity contribution >= 4 is 15.6 Å². The van der Waals surface area contributed by atoms with E-state index in [1.165, 1.54) is 5.57 Å². The first-order chi connectivity index (χ1) is 13.1. The molecule has 4 rings (SSSR count). The van der Waals surface area contributed by atoms with Crippen LogP contribution in [-0.4, -0.2) is 14.5 Å². The molecule has 0 bridgehead atoms. The van der Waals surface area contributed by atoms with Gasteiger partial charge in [-0.3, -0.25) is 0 Å². The molecule has 140 valence electrons. The average molecular weight is 381 g/mol. The van der Waals surface area contributed by atoms with Gasteiger partial charge in [-0.05, 0) is 37.5 Å². The topological polar surface area (TPSA) is 43.4 Å². The predicted molar refractivity (Wildman–Crippen MR) is 108 cm³/mol. The fourth-order valence-electron chi connectivity index (χ4n) is 3.97. The van der Waals surface area contributed by atoms with Crippen molar-refractivity contribution in [3.05, 3.63) is 82.8 Å². The van der Waals surface area contributed by atoms with Crippen molar-refractivity contribution in [3.63, 3.8) is 0 Å². The van der Waals surface area contributed by atoms with Gasteiger partial charge in [0.25, 0.3) is 0 Å². The maximum absolute atomic E-state index is 13.5. The van der Waals surface area contributed by atoms with Crippen molar-refractivity contribution in [2.75, 3.05) is 0 Å². The van der Waals surface area contributed by atoms with E-state index in [4.69, 9.17) is 4.74 Å². The third-order valence-electron chi connectivity index (χ3n) is 5.32. The zero-order valence-electron chi connectivity index (χ0n) is 15.5. The molecule has 0 aromatic heterocycles. The summed E-state index contributed by atoms with van der Waals surface area (Å²) in [6.07, 6.45) is 6.01. The van der Waals surface area contributed by atoms with Crippen molar-refractivity contribution in [2.24, 2.45) is 5.92 Å². The van der Waals surface area contributed by atoms with Crippen molar-refractivity contribution in [2.45, 2.75) is 43.6 Å². The molecule has 0 N–H and O–H groups in total. The number of benzene rings is 2. The van der Waals surface area contributed by atoms with Crippen LogP contribution in [0.3, 0.4) is 0 Å². The molecule has 0 unspecified atom stereocenters. The van der Waals surface area contributed by atoms with Gasteiger partial charge in [0.15, 0.2) is 0 Å². The molecule has 2 atom stereocenters. The van der Waals surface area contributed by atoms with Crippen molar-refractivity contribution in [1.29, 1.82) is 0 Å². The largest absolute Gasteiger partial charge is 0.484 e. The van der Waals surface area contributed by atoms with E-state index < -0.39 is 9.84 Å². The number of ether oxygens (including phenoxy) is 1. The molecule has 2 aromatic carbocycles. The molecular formula is C23H24O3S. The van der Waals surface area contributed by atoms with Crippen molar-refractivity contribution in [1.82, 2.24) is 0 Å². The normalized spacial score (nSPS) is 21.7. The lowest BCUT2D eigenvalue weighted by molar-refractivity contribution is 0.207.